The lowest BCUT2D eigenvalue weighted by Gasteiger charge is -2.67. The lowest BCUT2D eigenvalue weighted by Crippen LogP contribution is -2.68. The Bertz CT molecular complexity index is 1640. The van der Waals surface area contributed by atoms with Crippen LogP contribution in [0.1, 0.15) is 79.7 Å². The summed E-state index contributed by atoms with van der Waals surface area (Å²) < 4.78 is 35.6. The predicted octanol–water partition coefficient (Wildman–Crippen LogP) is 6.30. The first-order valence-electron chi connectivity index (χ1n) is 15.7. The number of nitrogens with zero attached hydrogens (tertiary/aromatic N) is 3. The van der Waals surface area contributed by atoms with Gasteiger partial charge in [-0.05, 0) is 88.7 Å². The van der Waals surface area contributed by atoms with E-state index in [1.807, 2.05) is 12.1 Å². The summed E-state index contributed by atoms with van der Waals surface area (Å²) in [5.74, 6) is 0.271. The standard InChI is InChI=1S/C34H37ClFN3O5/c1-20-30(33-17-34(18-33,19-33)31(40)41)37-28(39(20)15-23-10-13-42-23)16-38-11-8-21(9-12-38)24-4-3-5-27-29(24)44-32(2,43-27)25-7-6-22(35)14-26(25)36/h3-7,14,21,23H,8-13,15-19H2,1-2H3,(H,40,41)/t23-,32-,33?,34?/m0/s1. The molecule has 44 heavy (non-hydrogen) atoms. The number of likely N-dealkylation sites (tertiary alicyclic amines) is 1. The molecule has 9 rings (SSSR count). The van der Waals surface area contributed by atoms with Crippen molar-refractivity contribution in [1.29, 1.82) is 0 Å². The van der Waals surface area contributed by atoms with Crippen LogP contribution in [-0.4, -0.2) is 51.3 Å². The summed E-state index contributed by atoms with van der Waals surface area (Å²) >= 11 is 5.99. The fourth-order valence-corrected chi connectivity index (χ4v) is 8.55. The normalized spacial score (nSPS) is 30.9. The van der Waals surface area contributed by atoms with Gasteiger partial charge in [0.05, 0.1) is 35.9 Å². The summed E-state index contributed by atoms with van der Waals surface area (Å²) in [5, 5.41) is 9.99. The third-order valence-electron chi connectivity index (χ3n) is 10.9. The molecule has 10 heteroatoms. The number of para-hydroxylation sites is 1. The molecule has 3 saturated carbocycles. The zero-order chi connectivity index (χ0) is 30.4. The number of carboxylic acids is 1. The Kier molecular flexibility index (Phi) is 6.40. The van der Waals surface area contributed by atoms with E-state index in [2.05, 4.69) is 22.5 Å². The Morgan fingerprint density at radius 3 is 2.55 bits per heavy atom. The largest absolute Gasteiger partial charge is 0.481 e. The quantitative estimate of drug-likeness (QED) is 0.316. The van der Waals surface area contributed by atoms with E-state index in [9.17, 15) is 14.3 Å². The lowest BCUT2D eigenvalue weighted by atomic mass is 9.34. The monoisotopic (exact) mass is 621 g/mol. The number of ether oxygens (including phenoxy) is 3. The van der Waals surface area contributed by atoms with Gasteiger partial charge in [0.2, 0.25) is 0 Å². The molecule has 6 aliphatic rings. The summed E-state index contributed by atoms with van der Waals surface area (Å²) in [4.78, 5) is 19.4. The number of halogens is 2. The minimum Gasteiger partial charge on any atom is -0.481 e. The first-order valence-corrected chi connectivity index (χ1v) is 16.1. The number of fused-ring (bicyclic) bond motifs is 1. The molecular formula is C34H37ClFN3O5. The third kappa shape index (κ3) is 4.30. The highest BCUT2D eigenvalue weighted by Gasteiger charge is 2.73. The number of carbonyl (C=O) groups is 1. The summed E-state index contributed by atoms with van der Waals surface area (Å²) in [5.41, 5.74) is 3.08. The van der Waals surface area contributed by atoms with Crippen molar-refractivity contribution in [2.45, 2.75) is 88.7 Å². The SMILES string of the molecule is Cc1c(C23CC(C(=O)O)(C2)C3)nc(CN2CCC(c3cccc4c3O[C@@](C)(c3ccc(Cl)cc3F)O4)CC2)n1C[C@@H]1CCO1. The summed E-state index contributed by atoms with van der Waals surface area (Å²) in [6.07, 6.45) is 5.29. The smallest absolute Gasteiger partial charge is 0.309 e. The molecule has 1 N–H and O–H groups in total. The zero-order valence-electron chi connectivity index (χ0n) is 25.1. The van der Waals surface area contributed by atoms with Gasteiger partial charge in [0.25, 0.3) is 5.79 Å². The molecule has 0 amide bonds. The number of benzene rings is 2. The minimum absolute atomic E-state index is 0.0743. The number of hydrogen-bond donors (Lipinski definition) is 1. The Labute approximate surface area is 261 Å². The van der Waals surface area contributed by atoms with E-state index in [4.69, 9.17) is 30.8 Å². The predicted molar refractivity (Wildman–Crippen MR) is 161 cm³/mol. The Morgan fingerprint density at radius 1 is 1.14 bits per heavy atom. The van der Waals surface area contributed by atoms with Crippen molar-refractivity contribution >= 4 is 17.6 Å². The maximum Gasteiger partial charge on any atom is 0.309 e. The number of aromatic nitrogens is 2. The van der Waals surface area contributed by atoms with E-state index in [1.54, 1.807) is 19.1 Å². The van der Waals surface area contributed by atoms with Crippen LogP contribution in [0.15, 0.2) is 36.4 Å². The Hall–Kier alpha value is -3.14. The van der Waals surface area contributed by atoms with Crippen LogP contribution >= 0.6 is 11.6 Å². The topological polar surface area (TPSA) is 86.0 Å². The molecule has 3 aromatic rings. The Morgan fingerprint density at radius 2 is 1.89 bits per heavy atom. The molecule has 0 unspecified atom stereocenters. The van der Waals surface area contributed by atoms with Gasteiger partial charge in [0.1, 0.15) is 11.6 Å². The van der Waals surface area contributed by atoms with Gasteiger partial charge in [-0.2, -0.15) is 0 Å². The molecule has 2 atom stereocenters. The average molecular weight is 622 g/mol. The number of rotatable bonds is 8. The maximum atomic E-state index is 14.8. The zero-order valence-corrected chi connectivity index (χ0v) is 25.8. The number of hydrogen-bond acceptors (Lipinski definition) is 6. The molecule has 0 spiro atoms. The first-order chi connectivity index (χ1) is 21.1. The van der Waals surface area contributed by atoms with E-state index < -0.39 is 23.0 Å². The van der Waals surface area contributed by atoms with Crippen LogP contribution in [0.3, 0.4) is 0 Å². The first kappa shape index (κ1) is 28.3. The van der Waals surface area contributed by atoms with E-state index in [-0.39, 0.29) is 17.4 Å². The van der Waals surface area contributed by atoms with Crippen molar-refractivity contribution in [3.05, 3.63) is 75.6 Å². The molecule has 2 saturated heterocycles. The molecule has 2 aromatic carbocycles. The molecule has 3 aliphatic carbocycles. The van der Waals surface area contributed by atoms with Gasteiger partial charge >= 0.3 is 5.97 Å². The number of imidazole rings is 1. The van der Waals surface area contributed by atoms with Crippen LogP contribution in [-0.2, 0) is 33.8 Å². The second-order valence-electron chi connectivity index (χ2n) is 13.7. The van der Waals surface area contributed by atoms with Gasteiger partial charge in [0.15, 0.2) is 11.5 Å². The van der Waals surface area contributed by atoms with Crippen molar-refractivity contribution in [3.8, 4) is 11.5 Å². The van der Waals surface area contributed by atoms with Gasteiger partial charge in [0, 0.05) is 35.2 Å². The highest BCUT2D eigenvalue weighted by Crippen LogP contribution is 2.73. The second kappa shape index (κ2) is 9.93. The van der Waals surface area contributed by atoms with Crippen molar-refractivity contribution in [3.63, 3.8) is 0 Å². The number of aliphatic carboxylic acids is 1. The van der Waals surface area contributed by atoms with Crippen LogP contribution in [0.5, 0.6) is 11.5 Å². The third-order valence-corrected chi connectivity index (χ3v) is 11.1. The van der Waals surface area contributed by atoms with Crippen molar-refractivity contribution in [2.24, 2.45) is 5.41 Å². The fraction of sp³-hybridized carbons (Fsp3) is 0.529. The average Bonchev–Trinajstić information content (AvgIpc) is 3.41. The van der Waals surface area contributed by atoms with Crippen molar-refractivity contribution in [2.75, 3.05) is 19.7 Å². The van der Waals surface area contributed by atoms with Gasteiger partial charge < -0.3 is 23.9 Å². The number of piperidine rings is 1. The summed E-state index contributed by atoms with van der Waals surface area (Å²) in [6, 6.07) is 10.5. The van der Waals surface area contributed by atoms with E-state index >= 15 is 0 Å². The van der Waals surface area contributed by atoms with E-state index in [0.29, 0.717) is 41.3 Å². The van der Waals surface area contributed by atoms with E-state index in [1.165, 1.54) is 11.8 Å². The molecule has 5 fully saturated rings. The van der Waals surface area contributed by atoms with Crippen LogP contribution in [0, 0.1) is 18.2 Å². The molecular weight excluding hydrogens is 585 g/mol. The van der Waals surface area contributed by atoms with Gasteiger partial charge in [-0.3, -0.25) is 9.69 Å². The van der Waals surface area contributed by atoms with Crippen LogP contribution in [0.4, 0.5) is 4.39 Å². The molecule has 3 aliphatic heterocycles. The van der Waals surface area contributed by atoms with Crippen molar-refractivity contribution < 1.29 is 28.5 Å². The van der Waals surface area contributed by atoms with Gasteiger partial charge in [-0.15, -0.1) is 0 Å². The fourth-order valence-electron chi connectivity index (χ4n) is 8.39. The second-order valence-corrected chi connectivity index (χ2v) is 14.2. The van der Waals surface area contributed by atoms with Gasteiger partial charge in [-0.25, -0.2) is 9.37 Å². The lowest BCUT2D eigenvalue weighted by molar-refractivity contribution is -0.195. The Balaban J connectivity index is 0.975. The molecule has 232 valence electrons. The van der Waals surface area contributed by atoms with E-state index in [0.717, 1.165) is 69.1 Å². The highest BCUT2D eigenvalue weighted by molar-refractivity contribution is 6.30. The van der Waals surface area contributed by atoms with Gasteiger partial charge in [-0.1, -0.05) is 23.7 Å². The van der Waals surface area contributed by atoms with Crippen molar-refractivity contribution in [1.82, 2.24) is 14.5 Å². The molecule has 2 bridgehead atoms. The van der Waals surface area contributed by atoms with Crippen LogP contribution in [0.25, 0.3) is 0 Å². The summed E-state index contributed by atoms with van der Waals surface area (Å²) in [7, 11) is 0. The molecule has 4 heterocycles. The van der Waals surface area contributed by atoms with Crippen LogP contribution < -0.4 is 9.47 Å². The maximum absolute atomic E-state index is 14.8. The number of carboxylic acid groups (broad SMARTS) is 1. The highest BCUT2D eigenvalue weighted by atomic mass is 35.5. The summed E-state index contributed by atoms with van der Waals surface area (Å²) in [6.45, 7) is 8.07. The minimum atomic E-state index is -1.27. The van der Waals surface area contributed by atoms with Crippen LogP contribution in [0.2, 0.25) is 5.02 Å². The molecule has 1 aromatic heterocycles. The molecule has 8 nitrogen and oxygen atoms in total. The molecule has 0 radical (unpaired) electrons.